The van der Waals surface area contributed by atoms with Gasteiger partial charge in [0.15, 0.2) is 0 Å². The third kappa shape index (κ3) is 5.19. The molecule has 192 valence electrons. The summed E-state index contributed by atoms with van der Waals surface area (Å²) in [6.07, 6.45) is 2.35. The standard InChI is InChI=1S/C31H35N3O3/c1-4-36-28-17-8-7-16-27(28)34-21-24(20-29(34)35)31-32-25-14-5-6-15-26(25)33(31)18-9-10-19-37-30-22(2)12-11-13-23(30)3/h5-8,11-17,24H,4,9-10,18-21H2,1-3H3. The number of aromatic nitrogens is 2. The van der Waals surface area contributed by atoms with Crippen molar-refractivity contribution in [3.63, 3.8) is 0 Å². The molecule has 0 N–H and O–H groups in total. The molecule has 6 nitrogen and oxygen atoms in total. The van der Waals surface area contributed by atoms with Gasteiger partial charge in [0.25, 0.3) is 0 Å². The number of aryl methyl sites for hydroxylation is 3. The minimum Gasteiger partial charge on any atom is -0.493 e. The van der Waals surface area contributed by atoms with Crippen molar-refractivity contribution in [2.75, 3.05) is 24.7 Å². The third-order valence-corrected chi connectivity index (χ3v) is 7.06. The number of benzene rings is 3. The van der Waals surface area contributed by atoms with Gasteiger partial charge in [-0.15, -0.1) is 0 Å². The number of para-hydroxylation sites is 5. The van der Waals surface area contributed by atoms with Crippen molar-refractivity contribution in [3.05, 3.63) is 83.7 Å². The molecule has 1 aromatic heterocycles. The SMILES string of the molecule is CCOc1ccccc1N1CC(c2nc3ccccc3n2CCCCOc2c(C)cccc2C)CC1=O. The predicted octanol–water partition coefficient (Wildman–Crippen LogP) is 6.43. The van der Waals surface area contributed by atoms with E-state index in [1.54, 1.807) is 0 Å². The van der Waals surface area contributed by atoms with Gasteiger partial charge in [-0.1, -0.05) is 42.5 Å². The molecule has 1 aliphatic rings. The zero-order chi connectivity index (χ0) is 25.8. The maximum Gasteiger partial charge on any atom is 0.227 e. The van der Waals surface area contributed by atoms with E-state index in [1.807, 2.05) is 42.2 Å². The van der Waals surface area contributed by atoms with E-state index in [1.165, 1.54) is 11.1 Å². The van der Waals surface area contributed by atoms with Crippen LogP contribution in [0.3, 0.4) is 0 Å². The first-order valence-electron chi connectivity index (χ1n) is 13.2. The summed E-state index contributed by atoms with van der Waals surface area (Å²) in [6.45, 7) is 8.81. The lowest BCUT2D eigenvalue weighted by molar-refractivity contribution is -0.117. The molecule has 4 aromatic rings. The second kappa shape index (κ2) is 11.1. The van der Waals surface area contributed by atoms with E-state index in [4.69, 9.17) is 14.5 Å². The fourth-order valence-corrected chi connectivity index (χ4v) is 5.28. The average Bonchev–Trinajstić information content (AvgIpc) is 3.46. The number of ether oxygens (including phenoxy) is 2. The number of nitrogens with zero attached hydrogens (tertiary/aromatic N) is 3. The van der Waals surface area contributed by atoms with E-state index in [9.17, 15) is 4.79 Å². The maximum absolute atomic E-state index is 13.1. The molecule has 0 radical (unpaired) electrons. The highest BCUT2D eigenvalue weighted by Crippen LogP contribution is 2.37. The van der Waals surface area contributed by atoms with Crippen LogP contribution in [0.4, 0.5) is 5.69 Å². The van der Waals surface area contributed by atoms with Gasteiger partial charge in [-0.05, 0) is 69.0 Å². The summed E-state index contributed by atoms with van der Waals surface area (Å²) in [5, 5.41) is 0. The minimum atomic E-state index is 0.0282. The Hall–Kier alpha value is -3.80. The zero-order valence-corrected chi connectivity index (χ0v) is 21.9. The van der Waals surface area contributed by atoms with Crippen molar-refractivity contribution in [2.45, 2.75) is 52.5 Å². The maximum atomic E-state index is 13.1. The van der Waals surface area contributed by atoms with Crippen molar-refractivity contribution in [3.8, 4) is 11.5 Å². The number of unbranched alkanes of at least 4 members (excludes halogenated alkanes) is 1. The Kier molecular flexibility index (Phi) is 7.45. The molecule has 1 amide bonds. The molecule has 2 heterocycles. The van der Waals surface area contributed by atoms with E-state index in [-0.39, 0.29) is 11.8 Å². The molecule has 0 bridgehead atoms. The molecule has 0 spiro atoms. The number of anilines is 1. The van der Waals surface area contributed by atoms with Crippen LogP contribution in [0.5, 0.6) is 11.5 Å². The summed E-state index contributed by atoms with van der Waals surface area (Å²) in [5.74, 6) is 2.87. The molecule has 1 aliphatic heterocycles. The summed E-state index contributed by atoms with van der Waals surface area (Å²) >= 11 is 0. The number of hydrogen-bond donors (Lipinski definition) is 0. The zero-order valence-electron chi connectivity index (χ0n) is 21.9. The first-order valence-corrected chi connectivity index (χ1v) is 13.2. The van der Waals surface area contributed by atoms with Crippen LogP contribution in [-0.2, 0) is 11.3 Å². The van der Waals surface area contributed by atoms with Gasteiger partial charge in [0, 0.05) is 25.4 Å². The Labute approximate surface area is 218 Å². The molecule has 0 saturated carbocycles. The molecule has 37 heavy (non-hydrogen) atoms. The van der Waals surface area contributed by atoms with Crippen LogP contribution in [0.15, 0.2) is 66.7 Å². The predicted molar refractivity (Wildman–Crippen MR) is 148 cm³/mol. The third-order valence-electron chi connectivity index (χ3n) is 7.06. The van der Waals surface area contributed by atoms with Crippen LogP contribution < -0.4 is 14.4 Å². The smallest absolute Gasteiger partial charge is 0.227 e. The molecule has 3 aromatic carbocycles. The number of carbonyl (C=O) groups is 1. The van der Waals surface area contributed by atoms with Gasteiger partial charge < -0.3 is 18.9 Å². The van der Waals surface area contributed by atoms with Crippen molar-refractivity contribution in [1.29, 1.82) is 0 Å². The fourth-order valence-electron chi connectivity index (χ4n) is 5.28. The van der Waals surface area contributed by atoms with Crippen molar-refractivity contribution < 1.29 is 14.3 Å². The Balaban J connectivity index is 1.31. The Bertz CT molecular complexity index is 1370. The number of carbonyl (C=O) groups excluding carboxylic acids is 1. The number of fused-ring (bicyclic) bond motifs is 1. The quantitative estimate of drug-likeness (QED) is 0.237. The lowest BCUT2D eigenvalue weighted by Gasteiger charge is -2.20. The Morgan fingerprint density at radius 3 is 2.49 bits per heavy atom. The van der Waals surface area contributed by atoms with E-state index in [0.29, 0.717) is 26.2 Å². The summed E-state index contributed by atoms with van der Waals surface area (Å²) in [4.78, 5) is 20.0. The Morgan fingerprint density at radius 1 is 0.919 bits per heavy atom. The largest absolute Gasteiger partial charge is 0.493 e. The molecule has 1 saturated heterocycles. The Morgan fingerprint density at radius 2 is 1.68 bits per heavy atom. The number of imidazole rings is 1. The molecular weight excluding hydrogens is 462 g/mol. The summed E-state index contributed by atoms with van der Waals surface area (Å²) < 4.78 is 14.2. The molecule has 1 atom stereocenters. The monoisotopic (exact) mass is 497 g/mol. The van der Waals surface area contributed by atoms with Crippen LogP contribution in [0.1, 0.15) is 49.1 Å². The van der Waals surface area contributed by atoms with E-state index in [2.05, 4.69) is 54.8 Å². The van der Waals surface area contributed by atoms with Gasteiger partial charge in [0.1, 0.15) is 17.3 Å². The average molecular weight is 498 g/mol. The normalized spacial score (nSPS) is 15.5. The van der Waals surface area contributed by atoms with Crippen LogP contribution in [0, 0.1) is 13.8 Å². The molecule has 5 rings (SSSR count). The summed E-state index contributed by atoms with van der Waals surface area (Å²) in [7, 11) is 0. The molecule has 6 heteroatoms. The van der Waals surface area contributed by atoms with Crippen molar-refractivity contribution in [1.82, 2.24) is 9.55 Å². The van der Waals surface area contributed by atoms with Crippen LogP contribution >= 0.6 is 0 Å². The fraction of sp³-hybridized carbons (Fsp3) is 0.355. The highest BCUT2D eigenvalue weighted by molar-refractivity contribution is 5.97. The van der Waals surface area contributed by atoms with Gasteiger partial charge in [0.2, 0.25) is 5.91 Å². The van der Waals surface area contributed by atoms with E-state index >= 15 is 0 Å². The van der Waals surface area contributed by atoms with Crippen LogP contribution in [-0.4, -0.2) is 35.2 Å². The van der Waals surface area contributed by atoms with Gasteiger partial charge in [-0.3, -0.25) is 4.79 Å². The molecule has 1 unspecified atom stereocenters. The molecule has 1 fully saturated rings. The van der Waals surface area contributed by atoms with Crippen molar-refractivity contribution >= 4 is 22.6 Å². The number of hydrogen-bond acceptors (Lipinski definition) is 4. The minimum absolute atomic E-state index is 0.0282. The molecule has 0 aliphatic carbocycles. The van der Waals surface area contributed by atoms with Gasteiger partial charge in [-0.2, -0.15) is 0 Å². The lowest BCUT2D eigenvalue weighted by Crippen LogP contribution is -2.25. The van der Waals surface area contributed by atoms with Gasteiger partial charge in [0.05, 0.1) is 29.9 Å². The highest BCUT2D eigenvalue weighted by Gasteiger charge is 2.35. The highest BCUT2D eigenvalue weighted by atomic mass is 16.5. The van der Waals surface area contributed by atoms with Crippen LogP contribution in [0.2, 0.25) is 0 Å². The second-order valence-electron chi connectivity index (χ2n) is 9.69. The number of amides is 1. The van der Waals surface area contributed by atoms with Gasteiger partial charge >= 0.3 is 0 Å². The second-order valence-corrected chi connectivity index (χ2v) is 9.69. The van der Waals surface area contributed by atoms with E-state index < -0.39 is 0 Å². The lowest BCUT2D eigenvalue weighted by atomic mass is 10.1. The van der Waals surface area contributed by atoms with E-state index in [0.717, 1.165) is 53.4 Å². The first kappa shape index (κ1) is 24.9. The van der Waals surface area contributed by atoms with Crippen molar-refractivity contribution in [2.24, 2.45) is 0 Å². The molecular formula is C31H35N3O3. The summed E-state index contributed by atoms with van der Waals surface area (Å²) in [6, 6.07) is 22.3. The first-order chi connectivity index (χ1) is 18.1. The summed E-state index contributed by atoms with van der Waals surface area (Å²) in [5.41, 5.74) is 5.27. The van der Waals surface area contributed by atoms with Crippen LogP contribution in [0.25, 0.3) is 11.0 Å². The topological polar surface area (TPSA) is 56.6 Å². The number of rotatable bonds is 10. The van der Waals surface area contributed by atoms with Gasteiger partial charge in [-0.25, -0.2) is 4.98 Å².